The van der Waals surface area contributed by atoms with Crippen LogP contribution >= 0.6 is 23.8 Å². The first-order valence-corrected chi connectivity index (χ1v) is 6.89. The van der Waals surface area contributed by atoms with Gasteiger partial charge in [-0.1, -0.05) is 31.0 Å². The van der Waals surface area contributed by atoms with Crippen molar-refractivity contribution in [2.24, 2.45) is 5.92 Å². The molecule has 2 nitrogen and oxygen atoms in total. The zero-order valence-electron chi connectivity index (χ0n) is 9.74. The number of halogens is 1. The molecule has 2 aromatic rings. The fourth-order valence-corrected chi connectivity index (χ4v) is 3.22. The van der Waals surface area contributed by atoms with E-state index in [4.69, 9.17) is 23.8 Å². The Balaban J connectivity index is 2.09. The molecule has 2 atom stereocenters. The van der Waals surface area contributed by atoms with Crippen LogP contribution in [-0.2, 0) is 0 Å². The van der Waals surface area contributed by atoms with E-state index < -0.39 is 0 Å². The van der Waals surface area contributed by atoms with Crippen LogP contribution in [0.4, 0.5) is 0 Å². The van der Waals surface area contributed by atoms with Crippen LogP contribution in [0.25, 0.3) is 11.0 Å². The molecule has 0 bridgehead atoms. The summed E-state index contributed by atoms with van der Waals surface area (Å²) < 4.78 is 3.05. The largest absolute Gasteiger partial charge is 0.329 e. The molecule has 0 saturated heterocycles. The minimum Gasteiger partial charge on any atom is -0.329 e. The van der Waals surface area contributed by atoms with Crippen molar-refractivity contribution in [1.82, 2.24) is 9.55 Å². The van der Waals surface area contributed by atoms with Crippen LogP contribution in [0.5, 0.6) is 0 Å². The second-order valence-electron chi connectivity index (χ2n) is 4.79. The third-order valence-electron chi connectivity index (χ3n) is 3.58. The van der Waals surface area contributed by atoms with E-state index in [0.29, 0.717) is 6.04 Å². The predicted octanol–water partition coefficient (Wildman–Crippen LogP) is 4.71. The predicted molar refractivity (Wildman–Crippen MR) is 74.2 cm³/mol. The number of H-pyrrole nitrogens is 1. The normalized spacial score (nSPS) is 23.2. The molecule has 0 spiro atoms. The van der Waals surface area contributed by atoms with Crippen molar-refractivity contribution < 1.29 is 0 Å². The number of benzene rings is 1. The fourth-order valence-electron chi connectivity index (χ4n) is 2.67. The Morgan fingerprint density at radius 1 is 1.53 bits per heavy atom. The molecule has 1 heterocycles. The molecule has 3 rings (SSSR count). The highest BCUT2D eigenvalue weighted by molar-refractivity contribution is 7.71. The van der Waals surface area contributed by atoms with Crippen molar-refractivity contribution in [3.63, 3.8) is 0 Å². The summed E-state index contributed by atoms with van der Waals surface area (Å²) in [6.07, 6.45) is 3.79. The molecular weight excluding hydrogens is 252 g/mol. The minimum atomic E-state index is 0.578. The number of hydrogen-bond acceptors (Lipinski definition) is 1. The van der Waals surface area contributed by atoms with Crippen LogP contribution in [-0.4, -0.2) is 9.55 Å². The van der Waals surface area contributed by atoms with E-state index in [-0.39, 0.29) is 0 Å². The van der Waals surface area contributed by atoms with Gasteiger partial charge in [0, 0.05) is 6.04 Å². The van der Waals surface area contributed by atoms with Gasteiger partial charge in [-0.2, -0.15) is 0 Å². The highest BCUT2D eigenvalue weighted by Gasteiger charge is 2.38. The molecule has 1 aromatic heterocycles. The number of nitrogens with zero attached hydrogens (tertiary/aromatic N) is 1. The van der Waals surface area contributed by atoms with Gasteiger partial charge in [-0.05, 0) is 43.1 Å². The molecule has 1 aliphatic rings. The van der Waals surface area contributed by atoms with E-state index in [1.54, 1.807) is 0 Å². The van der Waals surface area contributed by atoms with Crippen LogP contribution in [0.1, 0.15) is 32.2 Å². The van der Waals surface area contributed by atoms with Gasteiger partial charge in [0.2, 0.25) is 0 Å². The number of aromatic nitrogens is 2. The van der Waals surface area contributed by atoms with Crippen molar-refractivity contribution in [3.05, 3.63) is 28.0 Å². The molecule has 0 aliphatic heterocycles. The Morgan fingerprint density at radius 2 is 2.35 bits per heavy atom. The number of rotatable bonds is 3. The smallest absolute Gasteiger partial charge is 0.178 e. The molecule has 1 aliphatic carbocycles. The summed E-state index contributed by atoms with van der Waals surface area (Å²) in [5.74, 6) is 0.796. The average molecular weight is 267 g/mol. The van der Waals surface area contributed by atoms with Crippen LogP contribution in [0.15, 0.2) is 18.2 Å². The second kappa shape index (κ2) is 4.14. The number of nitrogens with one attached hydrogen (secondary N) is 1. The van der Waals surface area contributed by atoms with E-state index in [1.165, 1.54) is 19.3 Å². The SMILES string of the molecule is CCCC1CC1n1c(=S)[nH]c2c(Cl)cccc21. The highest BCUT2D eigenvalue weighted by Crippen LogP contribution is 2.48. The summed E-state index contributed by atoms with van der Waals surface area (Å²) in [6.45, 7) is 2.24. The number of imidazole rings is 1. The van der Waals surface area contributed by atoms with Gasteiger partial charge in [0.1, 0.15) is 0 Å². The lowest BCUT2D eigenvalue weighted by Gasteiger charge is -2.03. The third-order valence-corrected chi connectivity index (χ3v) is 4.19. The molecule has 4 heteroatoms. The lowest BCUT2D eigenvalue weighted by atomic mass is 10.2. The van der Waals surface area contributed by atoms with Crippen LogP contribution in [0.2, 0.25) is 5.02 Å². The first-order valence-electron chi connectivity index (χ1n) is 6.11. The Hall–Kier alpha value is -0.800. The Morgan fingerprint density at radius 3 is 3.12 bits per heavy atom. The summed E-state index contributed by atoms with van der Waals surface area (Å²) in [6, 6.07) is 6.56. The third kappa shape index (κ3) is 1.81. The summed E-state index contributed by atoms with van der Waals surface area (Å²) in [5.41, 5.74) is 2.12. The zero-order chi connectivity index (χ0) is 12.0. The van der Waals surface area contributed by atoms with Gasteiger partial charge in [-0.15, -0.1) is 0 Å². The molecule has 0 radical (unpaired) electrons. The Bertz CT molecular complexity index is 613. The second-order valence-corrected chi connectivity index (χ2v) is 5.58. The number of aromatic amines is 1. The number of fused-ring (bicyclic) bond motifs is 1. The fraction of sp³-hybridized carbons (Fsp3) is 0.462. The minimum absolute atomic E-state index is 0.578. The van der Waals surface area contributed by atoms with Crippen molar-refractivity contribution in [3.8, 4) is 0 Å². The monoisotopic (exact) mass is 266 g/mol. The first-order chi connectivity index (χ1) is 8.22. The van der Waals surface area contributed by atoms with E-state index in [1.807, 2.05) is 12.1 Å². The molecule has 90 valence electrons. The van der Waals surface area contributed by atoms with Crippen molar-refractivity contribution in [1.29, 1.82) is 0 Å². The highest BCUT2D eigenvalue weighted by atomic mass is 35.5. The van der Waals surface area contributed by atoms with Crippen molar-refractivity contribution in [2.45, 2.75) is 32.2 Å². The van der Waals surface area contributed by atoms with E-state index in [2.05, 4.69) is 22.5 Å². The van der Waals surface area contributed by atoms with E-state index in [9.17, 15) is 0 Å². The van der Waals surface area contributed by atoms with Gasteiger partial charge in [-0.25, -0.2) is 0 Å². The Labute approximate surface area is 111 Å². The lowest BCUT2D eigenvalue weighted by Crippen LogP contribution is -1.96. The van der Waals surface area contributed by atoms with Gasteiger partial charge in [0.15, 0.2) is 4.77 Å². The maximum absolute atomic E-state index is 6.17. The summed E-state index contributed by atoms with van der Waals surface area (Å²) in [4.78, 5) is 3.23. The molecule has 1 N–H and O–H groups in total. The van der Waals surface area contributed by atoms with Gasteiger partial charge in [-0.3, -0.25) is 0 Å². The number of hydrogen-bond donors (Lipinski definition) is 1. The van der Waals surface area contributed by atoms with Crippen molar-refractivity contribution >= 4 is 34.9 Å². The summed E-state index contributed by atoms with van der Waals surface area (Å²) >= 11 is 11.6. The van der Waals surface area contributed by atoms with Gasteiger partial charge >= 0.3 is 0 Å². The van der Waals surface area contributed by atoms with Gasteiger partial charge < -0.3 is 9.55 Å². The van der Waals surface area contributed by atoms with Gasteiger partial charge in [0.25, 0.3) is 0 Å². The topological polar surface area (TPSA) is 20.7 Å². The molecule has 1 fully saturated rings. The van der Waals surface area contributed by atoms with Crippen LogP contribution in [0.3, 0.4) is 0 Å². The van der Waals surface area contributed by atoms with E-state index in [0.717, 1.165) is 26.7 Å². The first kappa shape index (κ1) is 11.3. The average Bonchev–Trinajstić information content (AvgIpc) is 2.94. The maximum Gasteiger partial charge on any atom is 0.178 e. The molecule has 1 aromatic carbocycles. The standard InChI is InChI=1S/C13H15ClN2S/c1-2-4-8-7-11(8)16-10-6-3-5-9(14)12(10)15-13(16)17/h3,5-6,8,11H,2,4,7H2,1H3,(H,15,17). The molecular formula is C13H15ClN2S. The molecule has 1 saturated carbocycles. The van der Waals surface area contributed by atoms with Gasteiger partial charge in [0.05, 0.1) is 16.1 Å². The van der Waals surface area contributed by atoms with Crippen LogP contribution < -0.4 is 0 Å². The molecule has 17 heavy (non-hydrogen) atoms. The maximum atomic E-state index is 6.17. The lowest BCUT2D eigenvalue weighted by molar-refractivity contribution is 0.613. The van der Waals surface area contributed by atoms with E-state index >= 15 is 0 Å². The van der Waals surface area contributed by atoms with Crippen LogP contribution in [0, 0.1) is 10.7 Å². The van der Waals surface area contributed by atoms with Crippen molar-refractivity contribution in [2.75, 3.05) is 0 Å². The zero-order valence-corrected chi connectivity index (χ0v) is 11.3. The summed E-state index contributed by atoms with van der Waals surface area (Å²) in [5, 5.41) is 0.750. The molecule has 2 unspecified atom stereocenters. The number of para-hydroxylation sites is 1. The quantitative estimate of drug-likeness (QED) is 0.798. The Kier molecular flexibility index (Phi) is 2.75. The summed E-state index contributed by atoms with van der Waals surface area (Å²) in [7, 11) is 0. The molecule has 0 amide bonds.